The molecule has 2 aliphatic heterocycles. The second-order valence-electron chi connectivity index (χ2n) is 7.57. The summed E-state index contributed by atoms with van der Waals surface area (Å²) in [5.41, 5.74) is 0.792. The van der Waals surface area contributed by atoms with E-state index in [-0.39, 0.29) is 16.7 Å². The first-order valence-corrected chi connectivity index (χ1v) is 11.5. The monoisotopic (exact) mass is 409 g/mol. The summed E-state index contributed by atoms with van der Waals surface area (Å²) in [5, 5.41) is 0. The Bertz CT molecular complexity index is 796. The maximum atomic E-state index is 13.0. The van der Waals surface area contributed by atoms with E-state index in [1.165, 1.54) is 4.31 Å². The number of carbonyl (C=O) groups is 1. The largest absolute Gasteiger partial charge is 0.496 e. The zero-order valence-corrected chi connectivity index (χ0v) is 17.9. The van der Waals surface area contributed by atoms with E-state index in [9.17, 15) is 13.2 Å². The van der Waals surface area contributed by atoms with Crippen molar-refractivity contribution in [2.45, 2.75) is 31.6 Å². The van der Waals surface area contributed by atoms with Gasteiger partial charge in [0.25, 0.3) is 0 Å². The van der Waals surface area contributed by atoms with Gasteiger partial charge in [-0.15, -0.1) is 0 Å². The van der Waals surface area contributed by atoms with Crippen molar-refractivity contribution in [3.05, 3.63) is 23.8 Å². The van der Waals surface area contributed by atoms with Crippen LogP contribution in [0.3, 0.4) is 0 Å². The van der Waals surface area contributed by atoms with Crippen LogP contribution < -0.4 is 4.74 Å². The zero-order chi connectivity index (χ0) is 20.3. The first-order valence-electron chi connectivity index (χ1n) is 10.0. The molecule has 0 aromatic heterocycles. The van der Waals surface area contributed by atoms with Gasteiger partial charge in [0, 0.05) is 45.2 Å². The third-order valence-electron chi connectivity index (χ3n) is 5.94. The van der Waals surface area contributed by atoms with Gasteiger partial charge in [-0.2, -0.15) is 4.31 Å². The normalized spacial score (nSPS) is 20.3. The molecule has 1 aromatic carbocycles. The van der Waals surface area contributed by atoms with Crippen LogP contribution in [0.25, 0.3) is 0 Å². The van der Waals surface area contributed by atoms with Crippen LogP contribution in [0.5, 0.6) is 5.75 Å². The van der Waals surface area contributed by atoms with Gasteiger partial charge in [-0.3, -0.25) is 4.79 Å². The number of carbonyl (C=O) groups excluding carboxylic acids is 1. The average Bonchev–Trinajstić information content (AvgIpc) is 2.73. The Morgan fingerprint density at radius 1 is 1.11 bits per heavy atom. The summed E-state index contributed by atoms with van der Waals surface area (Å²) in [5.74, 6) is 0.789. The summed E-state index contributed by atoms with van der Waals surface area (Å²) in [6, 6.07) is 4.93. The van der Waals surface area contributed by atoms with Crippen molar-refractivity contribution in [3.8, 4) is 5.75 Å². The molecule has 28 heavy (non-hydrogen) atoms. The van der Waals surface area contributed by atoms with Crippen molar-refractivity contribution in [1.29, 1.82) is 0 Å². The number of piperidine rings is 1. The molecule has 0 N–H and O–H groups in total. The van der Waals surface area contributed by atoms with Gasteiger partial charge in [0.1, 0.15) is 5.75 Å². The van der Waals surface area contributed by atoms with Crippen molar-refractivity contribution in [1.82, 2.24) is 14.1 Å². The van der Waals surface area contributed by atoms with Gasteiger partial charge in [0.05, 0.1) is 12.0 Å². The van der Waals surface area contributed by atoms with Gasteiger partial charge in [-0.05, 0) is 50.1 Å². The van der Waals surface area contributed by atoms with Crippen molar-refractivity contribution in [2.75, 3.05) is 52.9 Å². The minimum Gasteiger partial charge on any atom is -0.496 e. The molecule has 2 heterocycles. The summed E-state index contributed by atoms with van der Waals surface area (Å²) >= 11 is 0. The highest BCUT2D eigenvalue weighted by molar-refractivity contribution is 7.89. The van der Waals surface area contributed by atoms with Crippen molar-refractivity contribution in [3.63, 3.8) is 0 Å². The molecule has 2 fully saturated rings. The van der Waals surface area contributed by atoms with Gasteiger partial charge in [-0.1, -0.05) is 6.92 Å². The molecule has 0 spiro atoms. The van der Waals surface area contributed by atoms with Gasteiger partial charge < -0.3 is 14.5 Å². The molecule has 3 rings (SSSR count). The minimum absolute atomic E-state index is 0.0720. The predicted octanol–water partition coefficient (Wildman–Crippen LogP) is 1.57. The van der Waals surface area contributed by atoms with E-state index in [4.69, 9.17) is 4.74 Å². The number of sulfonamides is 1. The van der Waals surface area contributed by atoms with E-state index in [1.54, 1.807) is 25.3 Å². The fourth-order valence-electron chi connectivity index (χ4n) is 4.05. The number of piperazine rings is 1. The summed E-state index contributed by atoms with van der Waals surface area (Å²) < 4.78 is 32.7. The Morgan fingerprint density at radius 3 is 2.29 bits per heavy atom. The first-order chi connectivity index (χ1) is 13.4. The number of likely N-dealkylation sites (N-methyl/N-ethyl adjacent to an activating group) is 1. The lowest BCUT2D eigenvalue weighted by Crippen LogP contribution is -2.51. The van der Waals surface area contributed by atoms with E-state index in [1.807, 2.05) is 11.8 Å². The van der Waals surface area contributed by atoms with Gasteiger partial charge in [0.15, 0.2) is 0 Å². The van der Waals surface area contributed by atoms with Crippen LogP contribution in [0.1, 0.15) is 25.3 Å². The smallest absolute Gasteiger partial charge is 0.243 e. The van der Waals surface area contributed by atoms with Crippen LogP contribution in [-0.2, 0) is 14.8 Å². The molecule has 0 unspecified atom stereocenters. The third-order valence-corrected chi connectivity index (χ3v) is 7.83. The van der Waals surface area contributed by atoms with E-state index in [0.717, 1.165) is 38.3 Å². The van der Waals surface area contributed by atoms with Gasteiger partial charge in [-0.25, -0.2) is 8.42 Å². The number of ether oxygens (including phenoxy) is 1. The molecule has 2 aliphatic rings. The lowest BCUT2D eigenvalue weighted by atomic mass is 9.96. The quantitative estimate of drug-likeness (QED) is 0.738. The fourth-order valence-corrected chi connectivity index (χ4v) is 5.60. The molecule has 7 nitrogen and oxygen atoms in total. The lowest BCUT2D eigenvalue weighted by Gasteiger charge is -2.38. The van der Waals surface area contributed by atoms with E-state index >= 15 is 0 Å². The first kappa shape index (κ1) is 21.1. The second kappa shape index (κ2) is 8.80. The summed E-state index contributed by atoms with van der Waals surface area (Å²) in [6.07, 6.45) is 1.17. The molecule has 0 bridgehead atoms. The number of hydrogen-bond acceptors (Lipinski definition) is 5. The maximum Gasteiger partial charge on any atom is 0.243 e. The van der Waals surface area contributed by atoms with Gasteiger partial charge >= 0.3 is 0 Å². The summed E-state index contributed by atoms with van der Waals surface area (Å²) in [6.45, 7) is 9.16. The average molecular weight is 410 g/mol. The molecule has 0 saturated carbocycles. The molecule has 156 valence electrons. The molecule has 1 amide bonds. The molecular weight excluding hydrogens is 378 g/mol. The van der Waals surface area contributed by atoms with Crippen LogP contribution in [0.2, 0.25) is 0 Å². The Labute approximate surface area is 168 Å². The molecule has 8 heteroatoms. The molecule has 1 aromatic rings. The number of amides is 1. The molecular formula is C20H31N3O4S. The van der Waals surface area contributed by atoms with E-state index in [2.05, 4.69) is 11.8 Å². The number of aryl methyl sites for hydroxylation is 1. The van der Waals surface area contributed by atoms with E-state index < -0.39 is 10.0 Å². The highest BCUT2D eigenvalue weighted by Gasteiger charge is 2.34. The highest BCUT2D eigenvalue weighted by Crippen LogP contribution is 2.28. The third kappa shape index (κ3) is 4.34. The van der Waals surface area contributed by atoms with Crippen LogP contribution in [0.15, 0.2) is 23.1 Å². The summed E-state index contributed by atoms with van der Waals surface area (Å²) in [7, 11) is -1.98. The lowest BCUT2D eigenvalue weighted by molar-refractivity contribution is -0.138. The Kier molecular flexibility index (Phi) is 6.62. The Hall–Kier alpha value is -1.64. The fraction of sp³-hybridized carbons (Fsp3) is 0.650. The standard InChI is InChI=1S/C20H31N3O4S/c1-4-21-11-13-22(14-12-21)20(24)17-7-9-23(10-8-17)28(25,26)18-5-6-19(27-3)16(2)15-18/h5-6,15,17H,4,7-14H2,1-3H3. The number of rotatable bonds is 5. The van der Waals surface area contributed by atoms with Gasteiger partial charge in [0.2, 0.25) is 15.9 Å². The number of benzene rings is 1. The Morgan fingerprint density at radius 2 is 1.75 bits per heavy atom. The minimum atomic E-state index is -3.55. The maximum absolute atomic E-state index is 13.0. The predicted molar refractivity (Wildman–Crippen MR) is 108 cm³/mol. The topological polar surface area (TPSA) is 70.2 Å². The molecule has 2 saturated heterocycles. The number of methoxy groups -OCH3 is 1. The summed E-state index contributed by atoms with van der Waals surface area (Å²) in [4.78, 5) is 17.4. The van der Waals surface area contributed by atoms with E-state index in [0.29, 0.717) is 31.7 Å². The Balaban J connectivity index is 1.60. The van der Waals surface area contributed by atoms with Crippen LogP contribution >= 0.6 is 0 Å². The van der Waals surface area contributed by atoms with Crippen molar-refractivity contribution in [2.24, 2.45) is 5.92 Å². The van der Waals surface area contributed by atoms with Crippen LogP contribution in [0.4, 0.5) is 0 Å². The molecule has 0 atom stereocenters. The van der Waals surface area contributed by atoms with Crippen molar-refractivity contribution < 1.29 is 17.9 Å². The number of hydrogen-bond donors (Lipinski definition) is 0. The van der Waals surface area contributed by atoms with Crippen LogP contribution in [0, 0.1) is 12.8 Å². The van der Waals surface area contributed by atoms with Crippen LogP contribution in [-0.4, -0.2) is 81.4 Å². The highest BCUT2D eigenvalue weighted by atomic mass is 32.2. The molecule has 0 radical (unpaired) electrons. The molecule has 0 aliphatic carbocycles. The number of nitrogens with zero attached hydrogens (tertiary/aromatic N) is 3. The zero-order valence-electron chi connectivity index (χ0n) is 17.1. The SMILES string of the molecule is CCN1CCN(C(=O)C2CCN(S(=O)(=O)c3ccc(OC)c(C)c3)CC2)CC1. The second-order valence-corrected chi connectivity index (χ2v) is 9.51. The van der Waals surface area contributed by atoms with Crippen molar-refractivity contribution >= 4 is 15.9 Å².